The van der Waals surface area contributed by atoms with Crippen LogP contribution in [0.2, 0.25) is 0 Å². The predicted octanol–water partition coefficient (Wildman–Crippen LogP) is 4.41. The second kappa shape index (κ2) is 11.1. The highest BCUT2D eigenvalue weighted by Crippen LogP contribution is 2.38. The molecule has 1 aliphatic carbocycles. The van der Waals surface area contributed by atoms with Gasteiger partial charge in [-0.2, -0.15) is 9.97 Å². The third-order valence-electron chi connectivity index (χ3n) is 7.23. The molecule has 0 unspecified atom stereocenters. The number of halogens is 3. The topological polar surface area (TPSA) is 109 Å². The first-order valence-corrected chi connectivity index (χ1v) is 13.2. The zero-order valence-corrected chi connectivity index (χ0v) is 21.5. The molecule has 2 aromatic heterocycles. The van der Waals surface area contributed by atoms with Crippen LogP contribution in [0.15, 0.2) is 18.3 Å². The number of nitrogens with zero attached hydrogens (tertiary/aromatic N) is 4. The third-order valence-corrected chi connectivity index (χ3v) is 7.23. The minimum absolute atomic E-state index is 0.0857. The van der Waals surface area contributed by atoms with Gasteiger partial charge in [0.25, 0.3) is 0 Å². The fraction of sp³-hybridized carbons (Fsp3) is 0.538. The van der Waals surface area contributed by atoms with Crippen molar-refractivity contribution in [3.8, 4) is 0 Å². The molecule has 2 fully saturated rings. The summed E-state index contributed by atoms with van der Waals surface area (Å²) in [6.07, 6.45) is 6.19. The Kier molecular flexibility index (Phi) is 7.68. The van der Waals surface area contributed by atoms with Crippen LogP contribution in [0, 0.1) is 23.4 Å². The van der Waals surface area contributed by atoms with Crippen molar-refractivity contribution in [2.24, 2.45) is 5.92 Å². The molecule has 1 saturated heterocycles. The Bertz CT molecular complexity index is 1280. The van der Waals surface area contributed by atoms with E-state index < -0.39 is 23.1 Å². The number of fused-ring (bicyclic) bond motifs is 1. The summed E-state index contributed by atoms with van der Waals surface area (Å²) in [7, 11) is 0. The van der Waals surface area contributed by atoms with Crippen molar-refractivity contribution in [1.82, 2.24) is 30.2 Å². The summed E-state index contributed by atoms with van der Waals surface area (Å²) in [6, 6.07) is 1.45. The fourth-order valence-corrected chi connectivity index (χ4v) is 5.33. The normalized spacial score (nSPS) is 20.6. The number of piperidine rings is 1. The summed E-state index contributed by atoms with van der Waals surface area (Å²) in [5.74, 6) is -2.55. The standard InChI is InChI=1S/C26H33F3N8O/c1-14(2)32-25-31-13-21-23(35-25)36-26(34-22-19(28)11-16(27)12-20(22)29)37(21)18-5-3-15(4-6-18)24(38)33-17-7-9-30-10-8-17/h11-15,17-18,30H,3-10H2,1-2H3,(H,33,38)(H2,31,32,34,35,36). The van der Waals surface area contributed by atoms with Gasteiger partial charge in [0.15, 0.2) is 17.3 Å². The van der Waals surface area contributed by atoms with Gasteiger partial charge >= 0.3 is 0 Å². The van der Waals surface area contributed by atoms with Gasteiger partial charge in [0.2, 0.25) is 17.8 Å². The van der Waals surface area contributed by atoms with Gasteiger partial charge in [0.05, 0.1) is 6.20 Å². The molecule has 1 saturated carbocycles. The Hall–Kier alpha value is -3.41. The number of benzene rings is 1. The molecule has 0 atom stereocenters. The summed E-state index contributed by atoms with van der Waals surface area (Å²) in [5.41, 5.74) is 0.471. The Morgan fingerprint density at radius 1 is 1.03 bits per heavy atom. The molecule has 0 bridgehead atoms. The molecule has 1 amide bonds. The third kappa shape index (κ3) is 5.69. The Morgan fingerprint density at radius 2 is 1.71 bits per heavy atom. The van der Waals surface area contributed by atoms with Crippen molar-refractivity contribution >= 4 is 34.7 Å². The highest BCUT2D eigenvalue weighted by atomic mass is 19.1. The van der Waals surface area contributed by atoms with E-state index in [0.29, 0.717) is 54.9 Å². The fourth-order valence-electron chi connectivity index (χ4n) is 5.33. The number of hydrogen-bond donors (Lipinski definition) is 4. The van der Waals surface area contributed by atoms with E-state index in [1.54, 1.807) is 6.20 Å². The van der Waals surface area contributed by atoms with E-state index in [1.807, 2.05) is 18.4 Å². The van der Waals surface area contributed by atoms with E-state index in [1.165, 1.54) is 0 Å². The second-order valence-corrected chi connectivity index (χ2v) is 10.4. The van der Waals surface area contributed by atoms with Crippen molar-refractivity contribution in [2.75, 3.05) is 23.7 Å². The minimum atomic E-state index is -1.06. The van der Waals surface area contributed by atoms with Gasteiger partial charge in [-0.25, -0.2) is 18.2 Å². The van der Waals surface area contributed by atoms with Crippen LogP contribution in [0.4, 0.5) is 30.8 Å². The molecule has 204 valence electrons. The number of rotatable bonds is 7. The van der Waals surface area contributed by atoms with Crippen molar-refractivity contribution in [2.45, 2.75) is 70.5 Å². The maximum absolute atomic E-state index is 14.5. The average Bonchev–Trinajstić information content (AvgIpc) is 3.23. The van der Waals surface area contributed by atoms with Gasteiger partial charge in [-0.05, 0) is 65.5 Å². The number of anilines is 3. The van der Waals surface area contributed by atoms with E-state index in [9.17, 15) is 18.0 Å². The lowest BCUT2D eigenvalue weighted by atomic mass is 9.85. The van der Waals surface area contributed by atoms with Crippen LogP contribution in [0.25, 0.3) is 11.2 Å². The van der Waals surface area contributed by atoms with Crippen LogP contribution in [0.3, 0.4) is 0 Å². The zero-order chi connectivity index (χ0) is 26.8. The molecule has 3 aromatic rings. The first-order valence-electron chi connectivity index (χ1n) is 13.2. The molecule has 2 aliphatic rings. The molecule has 0 radical (unpaired) electrons. The van der Waals surface area contributed by atoms with E-state index in [-0.39, 0.29) is 35.9 Å². The monoisotopic (exact) mass is 530 g/mol. The Morgan fingerprint density at radius 3 is 2.37 bits per heavy atom. The van der Waals surface area contributed by atoms with Crippen LogP contribution in [0.1, 0.15) is 58.4 Å². The molecule has 12 heteroatoms. The number of carbonyl (C=O) groups is 1. The summed E-state index contributed by atoms with van der Waals surface area (Å²) >= 11 is 0. The van der Waals surface area contributed by atoms with Crippen molar-refractivity contribution < 1.29 is 18.0 Å². The summed E-state index contributed by atoms with van der Waals surface area (Å²) < 4.78 is 44.3. The lowest BCUT2D eigenvalue weighted by molar-refractivity contribution is -0.127. The van der Waals surface area contributed by atoms with Crippen molar-refractivity contribution in [1.29, 1.82) is 0 Å². The van der Waals surface area contributed by atoms with E-state index in [2.05, 4.69) is 36.2 Å². The zero-order valence-electron chi connectivity index (χ0n) is 21.5. The molecule has 3 heterocycles. The van der Waals surface area contributed by atoms with Crippen molar-refractivity contribution in [3.05, 3.63) is 35.8 Å². The van der Waals surface area contributed by atoms with Gasteiger partial charge in [-0.3, -0.25) is 4.79 Å². The van der Waals surface area contributed by atoms with Gasteiger partial charge in [-0.1, -0.05) is 0 Å². The number of imidazole rings is 1. The second-order valence-electron chi connectivity index (χ2n) is 10.4. The summed E-state index contributed by atoms with van der Waals surface area (Å²) in [4.78, 5) is 26.3. The largest absolute Gasteiger partial charge is 0.353 e. The molecular formula is C26H33F3N8O. The molecular weight excluding hydrogens is 497 g/mol. The lowest BCUT2D eigenvalue weighted by Crippen LogP contribution is -2.45. The highest BCUT2D eigenvalue weighted by molar-refractivity contribution is 5.79. The number of hydrogen-bond acceptors (Lipinski definition) is 7. The van der Waals surface area contributed by atoms with Crippen LogP contribution in [-0.4, -0.2) is 50.6 Å². The van der Waals surface area contributed by atoms with E-state index in [4.69, 9.17) is 0 Å². The maximum Gasteiger partial charge on any atom is 0.225 e. The van der Waals surface area contributed by atoms with Gasteiger partial charge in [0.1, 0.15) is 17.0 Å². The number of aromatic nitrogens is 4. The number of amides is 1. The van der Waals surface area contributed by atoms with Crippen LogP contribution in [0.5, 0.6) is 0 Å². The van der Waals surface area contributed by atoms with Gasteiger partial charge in [-0.15, -0.1) is 0 Å². The van der Waals surface area contributed by atoms with E-state index >= 15 is 0 Å². The predicted molar refractivity (Wildman–Crippen MR) is 139 cm³/mol. The number of carbonyl (C=O) groups excluding carboxylic acids is 1. The van der Waals surface area contributed by atoms with Crippen molar-refractivity contribution in [3.63, 3.8) is 0 Å². The minimum Gasteiger partial charge on any atom is -0.353 e. The molecule has 1 aliphatic heterocycles. The van der Waals surface area contributed by atoms with Gasteiger partial charge in [0, 0.05) is 36.2 Å². The van der Waals surface area contributed by atoms with Crippen LogP contribution < -0.4 is 21.3 Å². The maximum atomic E-state index is 14.5. The number of nitrogens with one attached hydrogen (secondary N) is 4. The average molecular weight is 531 g/mol. The molecule has 38 heavy (non-hydrogen) atoms. The van der Waals surface area contributed by atoms with Gasteiger partial charge < -0.3 is 25.8 Å². The van der Waals surface area contributed by atoms with Crippen LogP contribution >= 0.6 is 0 Å². The lowest BCUT2D eigenvalue weighted by Gasteiger charge is -2.32. The van der Waals surface area contributed by atoms with E-state index in [0.717, 1.165) is 25.9 Å². The SMILES string of the molecule is CC(C)Nc1ncc2c(n1)nc(Nc1c(F)cc(F)cc1F)n2C1CCC(C(=O)NC2CCNCC2)CC1. The quantitative estimate of drug-likeness (QED) is 0.358. The molecule has 5 rings (SSSR count). The molecule has 1 aromatic carbocycles. The summed E-state index contributed by atoms with van der Waals surface area (Å²) in [5, 5.41) is 12.4. The molecule has 9 nitrogen and oxygen atoms in total. The van der Waals surface area contributed by atoms with Crippen LogP contribution in [-0.2, 0) is 4.79 Å². The smallest absolute Gasteiger partial charge is 0.225 e. The first-order chi connectivity index (χ1) is 18.3. The summed E-state index contributed by atoms with van der Waals surface area (Å²) in [6.45, 7) is 5.73. The molecule has 0 spiro atoms. The Labute approximate surface area is 219 Å². The molecule has 4 N–H and O–H groups in total. The first kappa shape index (κ1) is 26.2. The highest BCUT2D eigenvalue weighted by Gasteiger charge is 2.31. The Balaban J connectivity index is 1.40.